The van der Waals surface area contributed by atoms with Crippen LogP contribution in [0.4, 0.5) is 0 Å². The smallest absolute Gasteiger partial charge is 0.0749 e. The van der Waals surface area contributed by atoms with Crippen molar-refractivity contribution in [2.24, 2.45) is 5.73 Å². The average Bonchev–Trinajstić information content (AvgIpc) is 1.89. The Bertz CT molecular complexity index is 85.7. The lowest BCUT2D eigenvalue weighted by Gasteiger charge is -2.19. The molecule has 0 heterocycles. The highest BCUT2D eigenvalue weighted by Crippen LogP contribution is 2.11. The van der Waals surface area contributed by atoms with Crippen LogP contribution in [0.1, 0.15) is 20.3 Å². The standard InChI is InChI=1S/C7H17NOS/c1-3-10-5-4-7(2,9)6-8/h9H,3-6,8H2,1-2H3. The fourth-order valence-corrected chi connectivity index (χ4v) is 1.41. The maximum Gasteiger partial charge on any atom is 0.0749 e. The third-order valence-corrected chi connectivity index (χ3v) is 2.33. The third kappa shape index (κ3) is 5.09. The summed E-state index contributed by atoms with van der Waals surface area (Å²) in [5, 5.41) is 9.41. The van der Waals surface area contributed by atoms with E-state index in [-0.39, 0.29) is 0 Å². The zero-order valence-electron chi connectivity index (χ0n) is 6.76. The summed E-state index contributed by atoms with van der Waals surface area (Å²) in [7, 11) is 0. The Hall–Kier alpha value is 0.270. The number of thioether (sulfide) groups is 1. The first-order valence-corrected chi connectivity index (χ1v) is 4.78. The normalized spacial score (nSPS) is 16.8. The summed E-state index contributed by atoms with van der Waals surface area (Å²) in [5.74, 6) is 2.11. The van der Waals surface area contributed by atoms with Crippen molar-refractivity contribution in [1.29, 1.82) is 0 Å². The molecule has 0 spiro atoms. The summed E-state index contributed by atoms with van der Waals surface area (Å²) in [6.45, 7) is 4.25. The minimum Gasteiger partial charge on any atom is -0.389 e. The molecular formula is C7H17NOS. The van der Waals surface area contributed by atoms with Gasteiger partial charge in [0.1, 0.15) is 0 Å². The van der Waals surface area contributed by atoms with E-state index in [1.165, 1.54) is 0 Å². The number of nitrogens with two attached hydrogens (primary N) is 1. The van der Waals surface area contributed by atoms with Crippen molar-refractivity contribution in [2.45, 2.75) is 25.9 Å². The van der Waals surface area contributed by atoms with E-state index >= 15 is 0 Å². The van der Waals surface area contributed by atoms with Crippen molar-refractivity contribution in [3.05, 3.63) is 0 Å². The van der Waals surface area contributed by atoms with E-state index in [2.05, 4.69) is 6.92 Å². The molecule has 2 nitrogen and oxygen atoms in total. The summed E-state index contributed by atoms with van der Waals surface area (Å²) in [4.78, 5) is 0. The Morgan fingerprint density at radius 1 is 1.60 bits per heavy atom. The molecule has 0 fully saturated rings. The molecule has 0 rings (SSSR count). The monoisotopic (exact) mass is 163 g/mol. The largest absolute Gasteiger partial charge is 0.389 e. The first-order valence-electron chi connectivity index (χ1n) is 3.62. The van der Waals surface area contributed by atoms with Crippen LogP contribution in [0.3, 0.4) is 0 Å². The van der Waals surface area contributed by atoms with Crippen LogP contribution in [0, 0.1) is 0 Å². The predicted octanol–water partition coefficient (Wildman–Crippen LogP) is 0.839. The van der Waals surface area contributed by atoms with E-state index in [9.17, 15) is 5.11 Å². The molecule has 3 N–H and O–H groups in total. The molecule has 0 aromatic carbocycles. The number of hydrogen-bond donors (Lipinski definition) is 2. The molecule has 0 saturated carbocycles. The highest BCUT2D eigenvalue weighted by molar-refractivity contribution is 7.99. The van der Waals surface area contributed by atoms with Crippen LogP contribution < -0.4 is 5.73 Å². The molecule has 1 unspecified atom stereocenters. The number of aliphatic hydroxyl groups is 1. The lowest BCUT2D eigenvalue weighted by molar-refractivity contribution is 0.0665. The Balaban J connectivity index is 3.28. The predicted molar refractivity (Wildman–Crippen MR) is 47.3 cm³/mol. The lowest BCUT2D eigenvalue weighted by Crippen LogP contribution is -2.34. The molecule has 0 aliphatic heterocycles. The van der Waals surface area contributed by atoms with Crippen molar-refractivity contribution < 1.29 is 5.11 Å². The number of rotatable bonds is 5. The summed E-state index contributed by atoms with van der Waals surface area (Å²) in [6, 6.07) is 0. The lowest BCUT2D eigenvalue weighted by atomic mass is 10.1. The van der Waals surface area contributed by atoms with E-state index in [0.29, 0.717) is 6.54 Å². The van der Waals surface area contributed by atoms with Crippen molar-refractivity contribution in [3.8, 4) is 0 Å². The molecule has 62 valence electrons. The summed E-state index contributed by atoms with van der Waals surface area (Å²) in [6.07, 6.45) is 0.794. The maximum absolute atomic E-state index is 9.41. The minimum atomic E-state index is -0.651. The van der Waals surface area contributed by atoms with Crippen LogP contribution in [-0.4, -0.2) is 28.8 Å². The zero-order chi connectivity index (χ0) is 8.04. The van der Waals surface area contributed by atoms with Gasteiger partial charge in [0.15, 0.2) is 0 Å². The highest BCUT2D eigenvalue weighted by Gasteiger charge is 2.16. The van der Waals surface area contributed by atoms with Crippen LogP contribution in [0.15, 0.2) is 0 Å². The molecule has 0 aliphatic rings. The van der Waals surface area contributed by atoms with Gasteiger partial charge in [0.2, 0.25) is 0 Å². The second-order valence-electron chi connectivity index (χ2n) is 2.65. The molecule has 3 heteroatoms. The van der Waals surface area contributed by atoms with E-state index in [0.717, 1.165) is 17.9 Å². The van der Waals surface area contributed by atoms with Crippen LogP contribution in [0.5, 0.6) is 0 Å². The van der Waals surface area contributed by atoms with Gasteiger partial charge in [-0.1, -0.05) is 6.92 Å². The van der Waals surface area contributed by atoms with Gasteiger partial charge >= 0.3 is 0 Å². The molecule has 0 saturated heterocycles. The van der Waals surface area contributed by atoms with Gasteiger partial charge in [-0.2, -0.15) is 11.8 Å². The van der Waals surface area contributed by atoms with Crippen molar-refractivity contribution >= 4 is 11.8 Å². The van der Waals surface area contributed by atoms with Crippen LogP contribution >= 0.6 is 11.8 Å². The van der Waals surface area contributed by atoms with E-state index in [1.807, 2.05) is 11.8 Å². The van der Waals surface area contributed by atoms with Gasteiger partial charge in [-0.05, 0) is 24.9 Å². The van der Waals surface area contributed by atoms with Gasteiger partial charge in [0.25, 0.3) is 0 Å². The van der Waals surface area contributed by atoms with Gasteiger partial charge in [-0.3, -0.25) is 0 Å². The highest BCUT2D eigenvalue weighted by atomic mass is 32.2. The fourth-order valence-electron chi connectivity index (χ4n) is 0.538. The second-order valence-corrected chi connectivity index (χ2v) is 4.04. The Labute approximate surface area is 67.2 Å². The molecule has 0 amide bonds. The second kappa shape index (κ2) is 4.99. The summed E-state index contributed by atoms with van der Waals surface area (Å²) >= 11 is 1.83. The van der Waals surface area contributed by atoms with Crippen LogP contribution in [0.25, 0.3) is 0 Å². The molecular weight excluding hydrogens is 146 g/mol. The SMILES string of the molecule is CCSCCC(C)(O)CN. The molecule has 0 aromatic rings. The molecule has 0 aliphatic carbocycles. The van der Waals surface area contributed by atoms with Gasteiger partial charge in [-0.25, -0.2) is 0 Å². The van der Waals surface area contributed by atoms with Crippen molar-refractivity contribution in [1.82, 2.24) is 0 Å². The van der Waals surface area contributed by atoms with Crippen LogP contribution in [0.2, 0.25) is 0 Å². The Kier molecular flexibility index (Phi) is 5.13. The van der Waals surface area contributed by atoms with Crippen molar-refractivity contribution in [2.75, 3.05) is 18.1 Å². The molecule has 1 atom stereocenters. The van der Waals surface area contributed by atoms with E-state index in [1.54, 1.807) is 6.92 Å². The minimum absolute atomic E-state index is 0.358. The average molecular weight is 163 g/mol. The third-order valence-electron chi connectivity index (χ3n) is 1.43. The quantitative estimate of drug-likeness (QED) is 0.590. The van der Waals surface area contributed by atoms with Crippen molar-refractivity contribution in [3.63, 3.8) is 0 Å². The van der Waals surface area contributed by atoms with Crippen LogP contribution in [-0.2, 0) is 0 Å². The van der Waals surface area contributed by atoms with E-state index < -0.39 is 5.60 Å². The molecule has 10 heavy (non-hydrogen) atoms. The van der Waals surface area contributed by atoms with Gasteiger partial charge in [-0.15, -0.1) is 0 Å². The zero-order valence-corrected chi connectivity index (χ0v) is 7.58. The van der Waals surface area contributed by atoms with E-state index in [4.69, 9.17) is 5.73 Å². The Morgan fingerprint density at radius 2 is 2.20 bits per heavy atom. The van der Waals surface area contributed by atoms with Gasteiger partial charge < -0.3 is 10.8 Å². The van der Waals surface area contributed by atoms with Gasteiger partial charge in [0, 0.05) is 6.54 Å². The maximum atomic E-state index is 9.41. The number of hydrogen-bond acceptors (Lipinski definition) is 3. The summed E-state index contributed by atoms with van der Waals surface area (Å²) < 4.78 is 0. The molecule has 0 radical (unpaired) electrons. The first kappa shape index (κ1) is 10.3. The molecule has 0 aromatic heterocycles. The first-order chi connectivity index (χ1) is 4.62. The Morgan fingerprint density at radius 3 is 2.60 bits per heavy atom. The molecule has 0 bridgehead atoms. The summed E-state index contributed by atoms with van der Waals surface area (Å²) in [5.41, 5.74) is 4.68. The fraction of sp³-hybridized carbons (Fsp3) is 1.00. The topological polar surface area (TPSA) is 46.2 Å². The van der Waals surface area contributed by atoms with Gasteiger partial charge in [0.05, 0.1) is 5.60 Å².